The number of halogens is 1. The third-order valence-electron chi connectivity index (χ3n) is 4.59. The Balaban J connectivity index is 1.56. The van der Waals surface area contributed by atoms with Crippen LogP contribution in [0.3, 0.4) is 0 Å². The summed E-state index contributed by atoms with van der Waals surface area (Å²) in [5.41, 5.74) is 4.74. The number of nitrogens with one attached hydrogen (secondary N) is 2. The highest BCUT2D eigenvalue weighted by atomic mass is 79.9. The first-order chi connectivity index (χ1) is 14.3. The Kier molecular flexibility index (Phi) is 6.90. The van der Waals surface area contributed by atoms with Crippen LogP contribution in [-0.2, 0) is 4.79 Å². The lowest BCUT2D eigenvalue weighted by Crippen LogP contribution is -2.20. The number of hydrogen-bond donors (Lipinski definition) is 2. The van der Waals surface area contributed by atoms with Gasteiger partial charge in [-0.25, -0.2) is 0 Å². The van der Waals surface area contributed by atoms with Crippen molar-refractivity contribution in [3.8, 4) is 5.75 Å². The van der Waals surface area contributed by atoms with E-state index in [4.69, 9.17) is 4.74 Å². The molecule has 0 aromatic heterocycles. The lowest BCUT2D eigenvalue weighted by molar-refractivity contribution is -0.118. The minimum Gasteiger partial charge on any atom is -0.483 e. The molecule has 5 nitrogen and oxygen atoms in total. The zero-order valence-electron chi connectivity index (χ0n) is 17.1. The molecule has 0 spiro atoms. The SMILES string of the molecule is Cc1ccccc1C(=O)Nc1ccc(NC(=O)COc2c(C)cc(Br)cc2C)cc1. The lowest BCUT2D eigenvalue weighted by Gasteiger charge is -2.13. The van der Waals surface area contributed by atoms with Crippen LogP contribution in [0.5, 0.6) is 5.75 Å². The van der Waals surface area contributed by atoms with Crippen LogP contribution < -0.4 is 15.4 Å². The highest BCUT2D eigenvalue weighted by Crippen LogP contribution is 2.27. The summed E-state index contributed by atoms with van der Waals surface area (Å²) in [5.74, 6) is 0.287. The average molecular weight is 467 g/mol. The third-order valence-corrected chi connectivity index (χ3v) is 5.05. The van der Waals surface area contributed by atoms with Gasteiger partial charge in [0, 0.05) is 21.4 Å². The summed E-state index contributed by atoms with van der Waals surface area (Å²) in [4.78, 5) is 24.6. The molecule has 0 aliphatic rings. The van der Waals surface area contributed by atoms with Crippen LogP contribution in [0.2, 0.25) is 0 Å². The second-order valence-electron chi connectivity index (χ2n) is 7.05. The number of benzene rings is 3. The van der Waals surface area contributed by atoms with Crippen molar-refractivity contribution in [1.29, 1.82) is 0 Å². The quantitative estimate of drug-likeness (QED) is 0.493. The van der Waals surface area contributed by atoms with Crippen molar-refractivity contribution < 1.29 is 14.3 Å². The van der Waals surface area contributed by atoms with Gasteiger partial charge in [-0.3, -0.25) is 9.59 Å². The summed E-state index contributed by atoms with van der Waals surface area (Å²) in [6.45, 7) is 5.69. The Morgan fingerprint density at radius 1 is 0.833 bits per heavy atom. The summed E-state index contributed by atoms with van der Waals surface area (Å²) in [7, 11) is 0. The molecule has 0 fully saturated rings. The molecule has 6 heteroatoms. The summed E-state index contributed by atoms with van der Waals surface area (Å²) in [6.07, 6.45) is 0. The molecule has 30 heavy (non-hydrogen) atoms. The van der Waals surface area contributed by atoms with Crippen LogP contribution in [0.4, 0.5) is 11.4 Å². The predicted molar refractivity (Wildman–Crippen MR) is 123 cm³/mol. The number of anilines is 2. The number of ether oxygens (including phenoxy) is 1. The van der Waals surface area contributed by atoms with Gasteiger partial charge in [0.15, 0.2) is 6.61 Å². The van der Waals surface area contributed by atoms with E-state index < -0.39 is 0 Å². The first-order valence-corrected chi connectivity index (χ1v) is 10.3. The molecule has 3 rings (SSSR count). The lowest BCUT2D eigenvalue weighted by atomic mass is 10.1. The molecule has 154 valence electrons. The molecule has 2 N–H and O–H groups in total. The Hall–Kier alpha value is -3.12. The van der Waals surface area contributed by atoms with Gasteiger partial charge in [-0.1, -0.05) is 34.1 Å². The third kappa shape index (κ3) is 5.48. The highest BCUT2D eigenvalue weighted by Gasteiger charge is 2.10. The normalized spacial score (nSPS) is 10.4. The van der Waals surface area contributed by atoms with E-state index in [2.05, 4.69) is 26.6 Å². The number of hydrogen-bond acceptors (Lipinski definition) is 3. The highest BCUT2D eigenvalue weighted by molar-refractivity contribution is 9.10. The van der Waals surface area contributed by atoms with E-state index in [0.29, 0.717) is 22.7 Å². The zero-order chi connectivity index (χ0) is 21.7. The fourth-order valence-electron chi connectivity index (χ4n) is 3.12. The minimum absolute atomic E-state index is 0.0882. The van der Waals surface area contributed by atoms with Gasteiger partial charge in [0.2, 0.25) is 0 Å². The fourth-order valence-corrected chi connectivity index (χ4v) is 3.81. The van der Waals surface area contributed by atoms with Crippen molar-refractivity contribution in [2.75, 3.05) is 17.2 Å². The number of amides is 2. The maximum Gasteiger partial charge on any atom is 0.262 e. The number of rotatable bonds is 6. The van der Waals surface area contributed by atoms with Crippen molar-refractivity contribution in [3.05, 3.63) is 87.4 Å². The van der Waals surface area contributed by atoms with E-state index in [-0.39, 0.29) is 18.4 Å². The van der Waals surface area contributed by atoms with Crippen molar-refractivity contribution >= 4 is 39.1 Å². The molecular weight excluding hydrogens is 444 g/mol. The fraction of sp³-hybridized carbons (Fsp3) is 0.167. The van der Waals surface area contributed by atoms with Crippen LogP contribution >= 0.6 is 15.9 Å². The maximum absolute atomic E-state index is 12.4. The molecule has 2 amide bonds. The van der Waals surface area contributed by atoms with E-state index >= 15 is 0 Å². The van der Waals surface area contributed by atoms with Crippen LogP contribution in [0, 0.1) is 20.8 Å². The second kappa shape index (κ2) is 9.59. The Morgan fingerprint density at radius 2 is 1.40 bits per heavy atom. The van der Waals surface area contributed by atoms with Gasteiger partial charge in [0.05, 0.1) is 0 Å². The molecule has 3 aromatic rings. The van der Waals surface area contributed by atoms with Gasteiger partial charge in [-0.2, -0.15) is 0 Å². The molecule has 0 saturated heterocycles. The molecule has 0 saturated carbocycles. The topological polar surface area (TPSA) is 67.4 Å². The van der Waals surface area contributed by atoms with Crippen LogP contribution in [0.1, 0.15) is 27.0 Å². The van der Waals surface area contributed by atoms with Gasteiger partial charge in [0.25, 0.3) is 11.8 Å². The van der Waals surface area contributed by atoms with Crippen LogP contribution in [0.15, 0.2) is 65.1 Å². The molecule has 0 aliphatic heterocycles. The first-order valence-electron chi connectivity index (χ1n) is 9.50. The van der Waals surface area contributed by atoms with Crippen LogP contribution in [0.25, 0.3) is 0 Å². The molecule has 0 radical (unpaired) electrons. The van der Waals surface area contributed by atoms with E-state index in [1.54, 1.807) is 30.3 Å². The van der Waals surface area contributed by atoms with Gasteiger partial charge < -0.3 is 15.4 Å². The van der Waals surface area contributed by atoms with E-state index in [1.807, 2.05) is 51.1 Å². The number of aryl methyl sites for hydroxylation is 3. The van der Waals surface area contributed by atoms with E-state index in [9.17, 15) is 9.59 Å². The van der Waals surface area contributed by atoms with Crippen molar-refractivity contribution in [2.24, 2.45) is 0 Å². The molecule has 0 bridgehead atoms. The largest absolute Gasteiger partial charge is 0.483 e. The summed E-state index contributed by atoms with van der Waals surface area (Å²) in [6, 6.07) is 18.3. The Bertz CT molecular complexity index is 1060. The van der Waals surface area contributed by atoms with Gasteiger partial charge in [-0.05, 0) is 79.9 Å². The van der Waals surface area contributed by atoms with Gasteiger partial charge in [0.1, 0.15) is 5.75 Å². The van der Waals surface area contributed by atoms with Crippen LogP contribution in [-0.4, -0.2) is 18.4 Å². The maximum atomic E-state index is 12.4. The molecule has 3 aromatic carbocycles. The van der Waals surface area contributed by atoms with Gasteiger partial charge >= 0.3 is 0 Å². The zero-order valence-corrected chi connectivity index (χ0v) is 18.7. The van der Waals surface area contributed by atoms with E-state index in [1.165, 1.54) is 0 Å². The van der Waals surface area contributed by atoms with Crippen molar-refractivity contribution in [2.45, 2.75) is 20.8 Å². The monoisotopic (exact) mass is 466 g/mol. The summed E-state index contributed by atoms with van der Waals surface area (Å²) < 4.78 is 6.68. The Labute approximate surface area is 184 Å². The first kappa shape index (κ1) is 21.6. The molecule has 0 heterocycles. The standard InChI is InChI=1S/C24H23BrN2O3/c1-15-6-4-5-7-21(15)24(29)27-20-10-8-19(9-11-20)26-22(28)14-30-23-16(2)12-18(25)13-17(23)3/h4-13H,14H2,1-3H3,(H,26,28)(H,27,29). The smallest absolute Gasteiger partial charge is 0.262 e. The van der Waals surface area contributed by atoms with Crippen molar-refractivity contribution in [1.82, 2.24) is 0 Å². The summed E-state index contributed by atoms with van der Waals surface area (Å²) in [5, 5.41) is 5.66. The molecule has 0 atom stereocenters. The Morgan fingerprint density at radius 3 is 2.00 bits per heavy atom. The van der Waals surface area contributed by atoms with E-state index in [0.717, 1.165) is 21.2 Å². The van der Waals surface area contributed by atoms with Crippen molar-refractivity contribution in [3.63, 3.8) is 0 Å². The van der Waals surface area contributed by atoms with Gasteiger partial charge in [-0.15, -0.1) is 0 Å². The minimum atomic E-state index is -0.256. The number of carbonyl (C=O) groups is 2. The molecule has 0 unspecified atom stereocenters. The second-order valence-corrected chi connectivity index (χ2v) is 7.97. The summed E-state index contributed by atoms with van der Waals surface area (Å²) >= 11 is 3.45. The predicted octanol–water partition coefficient (Wildman–Crippen LogP) is 5.64. The molecular formula is C24H23BrN2O3. The number of carbonyl (C=O) groups excluding carboxylic acids is 2. The molecule has 0 aliphatic carbocycles. The average Bonchev–Trinajstić information content (AvgIpc) is 2.69.